The molecule has 1 N–H and O–H groups in total. The molecule has 2 heterocycles. The van der Waals surface area contributed by atoms with E-state index in [0.29, 0.717) is 11.6 Å². The van der Waals surface area contributed by atoms with E-state index in [4.69, 9.17) is 0 Å². The zero-order valence-electron chi connectivity index (χ0n) is 11.3. The molecule has 1 saturated heterocycles. The van der Waals surface area contributed by atoms with Gasteiger partial charge >= 0.3 is 5.69 Å². The third-order valence-corrected chi connectivity index (χ3v) is 3.39. The summed E-state index contributed by atoms with van der Waals surface area (Å²) >= 11 is 0. The van der Waals surface area contributed by atoms with E-state index in [-0.39, 0.29) is 11.7 Å². The first-order chi connectivity index (χ1) is 9.13. The number of nitrogens with zero attached hydrogens (tertiary/aromatic N) is 4. The van der Waals surface area contributed by atoms with Gasteiger partial charge in [0.1, 0.15) is 6.33 Å². The zero-order chi connectivity index (χ0) is 13.8. The Labute approximate surface area is 112 Å². The van der Waals surface area contributed by atoms with Crippen LogP contribution in [0.25, 0.3) is 0 Å². The first kappa shape index (κ1) is 13.5. The predicted molar refractivity (Wildman–Crippen MR) is 73.5 cm³/mol. The van der Waals surface area contributed by atoms with Gasteiger partial charge < -0.3 is 10.2 Å². The molecule has 1 aromatic rings. The Morgan fingerprint density at radius 1 is 1.47 bits per heavy atom. The summed E-state index contributed by atoms with van der Waals surface area (Å²) in [6.45, 7) is 5.63. The van der Waals surface area contributed by atoms with Crippen LogP contribution in [0.15, 0.2) is 6.33 Å². The lowest BCUT2D eigenvalue weighted by atomic mass is 10.2. The summed E-state index contributed by atoms with van der Waals surface area (Å²) in [5, 5.41) is 14.4. The molecule has 7 nitrogen and oxygen atoms in total. The van der Waals surface area contributed by atoms with E-state index in [0.717, 1.165) is 32.4 Å². The van der Waals surface area contributed by atoms with Crippen LogP contribution < -0.4 is 10.2 Å². The Balaban J connectivity index is 2.37. The average Bonchev–Trinajstić information content (AvgIpc) is 2.91. The van der Waals surface area contributed by atoms with Crippen molar-refractivity contribution in [3.63, 3.8) is 0 Å². The van der Waals surface area contributed by atoms with Gasteiger partial charge in [-0.15, -0.1) is 0 Å². The molecule has 1 atom stereocenters. The number of hydrogen-bond donors (Lipinski definition) is 1. The second-order valence-corrected chi connectivity index (χ2v) is 4.80. The average molecular weight is 265 g/mol. The van der Waals surface area contributed by atoms with Gasteiger partial charge in [-0.05, 0) is 26.2 Å². The quantitative estimate of drug-likeness (QED) is 0.649. The highest BCUT2D eigenvalue weighted by molar-refractivity contribution is 5.70. The van der Waals surface area contributed by atoms with E-state index in [2.05, 4.69) is 15.3 Å². The molecule has 0 amide bonds. The molecular formula is C12H19N5O2. The van der Waals surface area contributed by atoms with Gasteiger partial charge in [-0.1, -0.05) is 6.92 Å². The van der Waals surface area contributed by atoms with Crippen LogP contribution in [0.3, 0.4) is 0 Å². The lowest BCUT2D eigenvalue weighted by Gasteiger charge is -2.18. The normalized spacial score (nSPS) is 16.4. The van der Waals surface area contributed by atoms with Crippen molar-refractivity contribution in [1.29, 1.82) is 0 Å². The predicted octanol–water partition coefficient (Wildman–Crippen LogP) is 2.20. The van der Waals surface area contributed by atoms with Crippen LogP contribution >= 0.6 is 0 Å². The molecule has 7 heteroatoms. The Morgan fingerprint density at radius 3 is 2.74 bits per heavy atom. The molecule has 19 heavy (non-hydrogen) atoms. The van der Waals surface area contributed by atoms with Crippen LogP contribution in [-0.4, -0.2) is 34.0 Å². The Morgan fingerprint density at radius 2 is 2.16 bits per heavy atom. The Bertz CT molecular complexity index is 459. The van der Waals surface area contributed by atoms with E-state index in [1.165, 1.54) is 6.33 Å². The second kappa shape index (κ2) is 5.81. The number of nitro groups is 1. The fourth-order valence-electron chi connectivity index (χ4n) is 2.14. The van der Waals surface area contributed by atoms with Crippen molar-refractivity contribution in [2.45, 2.75) is 39.2 Å². The molecule has 1 fully saturated rings. The number of nitrogens with one attached hydrogen (secondary N) is 1. The Kier molecular flexibility index (Phi) is 4.13. The van der Waals surface area contributed by atoms with Gasteiger partial charge in [0.15, 0.2) is 0 Å². The summed E-state index contributed by atoms with van der Waals surface area (Å²) in [5.41, 5.74) is -0.00954. The number of rotatable bonds is 5. The van der Waals surface area contributed by atoms with Crippen molar-refractivity contribution in [1.82, 2.24) is 9.97 Å². The van der Waals surface area contributed by atoms with Gasteiger partial charge in [0.2, 0.25) is 11.6 Å². The first-order valence-electron chi connectivity index (χ1n) is 6.64. The van der Waals surface area contributed by atoms with Gasteiger partial charge in [0.25, 0.3) is 0 Å². The zero-order valence-corrected chi connectivity index (χ0v) is 11.3. The molecular weight excluding hydrogens is 246 g/mol. The van der Waals surface area contributed by atoms with Crippen molar-refractivity contribution in [3.05, 3.63) is 16.4 Å². The van der Waals surface area contributed by atoms with Gasteiger partial charge in [-0.2, -0.15) is 0 Å². The lowest BCUT2D eigenvalue weighted by molar-refractivity contribution is -0.383. The molecule has 1 unspecified atom stereocenters. The first-order valence-corrected chi connectivity index (χ1v) is 6.64. The molecule has 1 aromatic heterocycles. The third-order valence-electron chi connectivity index (χ3n) is 3.39. The van der Waals surface area contributed by atoms with Crippen LogP contribution in [0.5, 0.6) is 0 Å². The van der Waals surface area contributed by atoms with E-state index in [9.17, 15) is 10.1 Å². The van der Waals surface area contributed by atoms with Crippen LogP contribution in [0, 0.1) is 10.1 Å². The molecule has 0 aliphatic carbocycles. The largest absolute Gasteiger partial charge is 0.362 e. The smallest absolute Gasteiger partial charge is 0.353 e. The molecule has 2 rings (SSSR count). The van der Waals surface area contributed by atoms with Gasteiger partial charge in [-0.3, -0.25) is 10.1 Å². The van der Waals surface area contributed by atoms with Crippen molar-refractivity contribution in [2.24, 2.45) is 0 Å². The highest BCUT2D eigenvalue weighted by Crippen LogP contribution is 2.33. The minimum Gasteiger partial charge on any atom is -0.362 e. The number of anilines is 2. The van der Waals surface area contributed by atoms with Crippen LogP contribution in [0.2, 0.25) is 0 Å². The maximum atomic E-state index is 11.3. The SMILES string of the molecule is CCC(C)Nc1ncnc(N2CCCC2)c1[N+](=O)[O-]. The van der Waals surface area contributed by atoms with Crippen molar-refractivity contribution < 1.29 is 4.92 Å². The van der Waals surface area contributed by atoms with Gasteiger partial charge in [-0.25, -0.2) is 9.97 Å². The summed E-state index contributed by atoms with van der Waals surface area (Å²) in [6, 6.07) is 0.139. The summed E-state index contributed by atoms with van der Waals surface area (Å²) < 4.78 is 0. The maximum absolute atomic E-state index is 11.3. The molecule has 0 aromatic carbocycles. The van der Waals surface area contributed by atoms with E-state index < -0.39 is 4.92 Å². The van der Waals surface area contributed by atoms with E-state index in [1.54, 1.807) is 0 Å². The summed E-state index contributed by atoms with van der Waals surface area (Å²) in [7, 11) is 0. The number of aromatic nitrogens is 2. The highest BCUT2D eigenvalue weighted by atomic mass is 16.6. The topological polar surface area (TPSA) is 84.2 Å². The molecule has 1 aliphatic rings. The monoisotopic (exact) mass is 265 g/mol. The Hall–Kier alpha value is -1.92. The van der Waals surface area contributed by atoms with E-state index >= 15 is 0 Å². The fourth-order valence-corrected chi connectivity index (χ4v) is 2.14. The lowest BCUT2D eigenvalue weighted by Crippen LogP contribution is -2.22. The van der Waals surface area contributed by atoms with Crippen molar-refractivity contribution in [3.8, 4) is 0 Å². The number of hydrogen-bond acceptors (Lipinski definition) is 6. The van der Waals surface area contributed by atoms with Crippen LogP contribution in [0.4, 0.5) is 17.3 Å². The standard InChI is InChI=1S/C12H19N5O2/c1-3-9(2)15-11-10(17(18)19)12(14-8-13-11)16-6-4-5-7-16/h8-9H,3-7H2,1-2H3,(H,13,14,15). The molecule has 0 bridgehead atoms. The maximum Gasteiger partial charge on any atom is 0.353 e. The van der Waals surface area contributed by atoms with Crippen molar-refractivity contribution in [2.75, 3.05) is 23.3 Å². The summed E-state index contributed by atoms with van der Waals surface area (Å²) in [6.07, 6.45) is 4.37. The van der Waals surface area contributed by atoms with Crippen molar-refractivity contribution >= 4 is 17.3 Å². The van der Waals surface area contributed by atoms with Crippen LogP contribution in [0.1, 0.15) is 33.1 Å². The molecule has 0 saturated carbocycles. The third kappa shape index (κ3) is 2.91. The minimum atomic E-state index is -0.391. The second-order valence-electron chi connectivity index (χ2n) is 4.80. The minimum absolute atomic E-state index is 0.00954. The molecule has 0 radical (unpaired) electrons. The molecule has 1 aliphatic heterocycles. The fraction of sp³-hybridized carbons (Fsp3) is 0.667. The van der Waals surface area contributed by atoms with Gasteiger partial charge in [0.05, 0.1) is 4.92 Å². The summed E-state index contributed by atoms with van der Waals surface area (Å²) in [5.74, 6) is 0.750. The van der Waals surface area contributed by atoms with Gasteiger partial charge in [0, 0.05) is 19.1 Å². The highest BCUT2D eigenvalue weighted by Gasteiger charge is 2.28. The summed E-state index contributed by atoms with van der Waals surface area (Å²) in [4.78, 5) is 21.0. The van der Waals surface area contributed by atoms with E-state index in [1.807, 2.05) is 18.7 Å². The van der Waals surface area contributed by atoms with Crippen LogP contribution in [-0.2, 0) is 0 Å². The molecule has 104 valence electrons. The molecule has 0 spiro atoms.